The van der Waals surface area contributed by atoms with Gasteiger partial charge in [-0.2, -0.15) is 5.26 Å². The zero-order chi connectivity index (χ0) is 21.0. The number of benzene rings is 1. The summed E-state index contributed by atoms with van der Waals surface area (Å²) in [6, 6.07) is 10.2. The first-order valence-electron chi connectivity index (χ1n) is 8.59. The van der Waals surface area contributed by atoms with Gasteiger partial charge in [0.15, 0.2) is 6.61 Å². The molecule has 0 saturated heterocycles. The third-order valence-electron chi connectivity index (χ3n) is 4.26. The van der Waals surface area contributed by atoms with Gasteiger partial charge < -0.3 is 18.6 Å². The second-order valence-corrected chi connectivity index (χ2v) is 5.98. The summed E-state index contributed by atoms with van der Waals surface area (Å²) < 4.78 is 22.6. The molecular formula is C21H18N2O6. The lowest BCUT2D eigenvalue weighted by Gasteiger charge is -2.10. The summed E-state index contributed by atoms with van der Waals surface area (Å²) >= 11 is 0. The molecule has 0 bridgehead atoms. The number of methoxy groups -OCH3 is 2. The molecule has 0 fully saturated rings. The number of ether oxygens (including phenoxy) is 3. The number of carbonyl (C=O) groups is 2. The number of furan rings is 1. The van der Waals surface area contributed by atoms with E-state index in [4.69, 9.17) is 18.6 Å². The van der Waals surface area contributed by atoms with Gasteiger partial charge in [-0.3, -0.25) is 9.36 Å². The van der Waals surface area contributed by atoms with E-state index < -0.39 is 18.4 Å². The number of aromatic nitrogens is 1. The first kappa shape index (κ1) is 19.8. The first-order chi connectivity index (χ1) is 14.0. The standard InChI is InChI=1S/C21H18N2O6/c1-13-19(16(11-22)20(29-13)23-8-4-5-9-23)21(25)28-12-17(24)15-7-6-14(26-2)10-18(15)27-3/h4-10H,12H2,1-3H3. The number of hydrogen-bond acceptors (Lipinski definition) is 7. The maximum Gasteiger partial charge on any atom is 0.343 e. The summed E-state index contributed by atoms with van der Waals surface area (Å²) in [6.07, 6.45) is 3.38. The normalized spacial score (nSPS) is 10.3. The molecule has 0 amide bonds. The van der Waals surface area contributed by atoms with Crippen molar-refractivity contribution in [1.82, 2.24) is 4.57 Å². The quantitative estimate of drug-likeness (QED) is 0.447. The molecule has 0 unspecified atom stereocenters. The van der Waals surface area contributed by atoms with Crippen LogP contribution >= 0.6 is 0 Å². The van der Waals surface area contributed by atoms with Crippen LogP contribution in [0.3, 0.4) is 0 Å². The molecule has 2 aromatic heterocycles. The Bertz CT molecular complexity index is 1090. The highest BCUT2D eigenvalue weighted by atomic mass is 16.5. The summed E-state index contributed by atoms with van der Waals surface area (Å²) in [6.45, 7) is 1.04. The Balaban J connectivity index is 1.80. The van der Waals surface area contributed by atoms with Crippen LogP contribution in [0, 0.1) is 18.3 Å². The average Bonchev–Trinajstić information content (AvgIpc) is 3.38. The van der Waals surface area contributed by atoms with Crippen LogP contribution in [0.5, 0.6) is 11.5 Å². The lowest BCUT2D eigenvalue weighted by atomic mass is 10.1. The van der Waals surface area contributed by atoms with Crippen molar-refractivity contribution in [3.63, 3.8) is 0 Å². The number of Topliss-reactive ketones (excluding diaryl/α,β-unsaturated/α-hetero) is 1. The molecule has 29 heavy (non-hydrogen) atoms. The maximum absolute atomic E-state index is 12.6. The molecule has 0 atom stereocenters. The number of hydrogen-bond donors (Lipinski definition) is 0. The van der Waals surface area contributed by atoms with E-state index in [1.807, 2.05) is 6.07 Å². The monoisotopic (exact) mass is 394 g/mol. The summed E-state index contributed by atoms with van der Waals surface area (Å²) in [5, 5.41) is 9.51. The Labute approximate surface area is 166 Å². The summed E-state index contributed by atoms with van der Waals surface area (Å²) in [5.74, 6) is -0.00174. The summed E-state index contributed by atoms with van der Waals surface area (Å²) in [5.41, 5.74) is 0.280. The van der Waals surface area contributed by atoms with Crippen molar-refractivity contribution in [2.45, 2.75) is 6.92 Å². The predicted octanol–water partition coefficient (Wildman–Crippen LogP) is 3.31. The third kappa shape index (κ3) is 3.84. The molecule has 2 heterocycles. The van der Waals surface area contributed by atoms with Crippen LogP contribution in [0.1, 0.15) is 32.0 Å². The Morgan fingerprint density at radius 3 is 2.52 bits per heavy atom. The number of rotatable bonds is 7. The Morgan fingerprint density at radius 2 is 1.90 bits per heavy atom. The molecule has 0 N–H and O–H groups in total. The van der Waals surface area contributed by atoms with Crippen molar-refractivity contribution in [2.24, 2.45) is 0 Å². The third-order valence-corrected chi connectivity index (χ3v) is 4.26. The second kappa shape index (κ2) is 8.35. The van der Waals surface area contributed by atoms with Gasteiger partial charge >= 0.3 is 5.97 Å². The largest absolute Gasteiger partial charge is 0.497 e. The van der Waals surface area contributed by atoms with E-state index in [0.29, 0.717) is 11.5 Å². The Morgan fingerprint density at radius 1 is 1.17 bits per heavy atom. The molecule has 3 rings (SSSR count). The highest BCUT2D eigenvalue weighted by Crippen LogP contribution is 2.27. The van der Waals surface area contributed by atoms with Crippen molar-refractivity contribution < 1.29 is 28.2 Å². The molecule has 8 nitrogen and oxygen atoms in total. The fourth-order valence-electron chi connectivity index (χ4n) is 2.84. The first-order valence-corrected chi connectivity index (χ1v) is 8.59. The average molecular weight is 394 g/mol. The van der Waals surface area contributed by atoms with Crippen LogP contribution < -0.4 is 9.47 Å². The van der Waals surface area contributed by atoms with Gasteiger partial charge in [-0.15, -0.1) is 0 Å². The van der Waals surface area contributed by atoms with Gasteiger partial charge in [0.25, 0.3) is 0 Å². The van der Waals surface area contributed by atoms with Crippen LogP contribution in [0.15, 0.2) is 47.1 Å². The van der Waals surface area contributed by atoms with Gasteiger partial charge in [0.05, 0.1) is 19.8 Å². The van der Waals surface area contributed by atoms with E-state index in [-0.39, 0.29) is 28.3 Å². The van der Waals surface area contributed by atoms with Crippen LogP contribution in [-0.2, 0) is 4.74 Å². The number of carbonyl (C=O) groups excluding carboxylic acids is 2. The van der Waals surface area contributed by atoms with E-state index >= 15 is 0 Å². The number of ketones is 1. The number of aryl methyl sites for hydroxylation is 1. The fourth-order valence-corrected chi connectivity index (χ4v) is 2.84. The topological polar surface area (TPSA) is 104 Å². The SMILES string of the molecule is COc1ccc(C(=O)COC(=O)c2c(C)oc(-n3cccc3)c2C#N)c(OC)c1. The molecule has 8 heteroatoms. The smallest absolute Gasteiger partial charge is 0.343 e. The van der Waals surface area contributed by atoms with Gasteiger partial charge in [0.1, 0.15) is 34.5 Å². The summed E-state index contributed by atoms with van der Waals surface area (Å²) in [4.78, 5) is 25.1. The molecule has 0 aliphatic heterocycles. The van der Waals surface area contributed by atoms with Crippen molar-refractivity contribution >= 4 is 11.8 Å². The molecule has 1 aromatic carbocycles. The van der Waals surface area contributed by atoms with Gasteiger partial charge in [-0.05, 0) is 31.2 Å². The van der Waals surface area contributed by atoms with Crippen LogP contribution in [0.2, 0.25) is 0 Å². The van der Waals surface area contributed by atoms with Crippen LogP contribution in [-0.4, -0.2) is 37.1 Å². The highest BCUT2D eigenvalue weighted by Gasteiger charge is 2.26. The Hall–Kier alpha value is -3.99. The van der Waals surface area contributed by atoms with Crippen molar-refractivity contribution in [3.8, 4) is 23.5 Å². The fraction of sp³-hybridized carbons (Fsp3) is 0.190. The second-order valence-electron chi connectivity index (χ2n) is 5.98. The number of nitrogens with zero attached hydrogens (tertiary/aromatic N) is 2. The zero-order valence-corrected chi connectivity index (χ0v) is 16.1. The highest BCUT2D eigenvalue weighted by molar-refractivity contribution is 6.02. The van der Waals surface area contributed by atoms with E-state index in [9.17, 15) is 14.9 Å². The summed E-state index contributed by atoms with van der Waals surface area (Å²) in [7, 11) is 2.93. The van der Waals surface area contributed by atoms with Gasteiger partial charge in [-0.1, -0.05) is 0 Å². The molecule has 0 aliphatic carbocycles. The lowest BCUT2D eigenvalue weighted by molar-refractivity contribution is 0.0472. The number of esters is 1. The molecule has 0 spiro atoms. The number of nitriles is 1. The van der Waals surface area contributed by atoms with E-state index in [2.05, 4.69) is 0 Å². The van der Waals surface area contributed by atoms with Crippen LogP contribution in [0.4, 0.5) is 0 Å². The molecule has 0 radical (unpaired) electrons. The molecule has 0 saturated carbocycles. The van der Waals surface area contributed by atoms with E-state index in [1.54, 1.807) is 48.1 Å². The van der Waals surface area contributed by atoms with Crippen molar-refractivity contribution in [2.75, 3.05) is 20.8 Å². The minimum Gasteiger partial charge on any atom is -0.497 e. The Kier molecular flexibility index (Phi) is 5.69. The van der Waals surface area contributed by atoms with Crippen molar-refractivity contribution in [1.29, 1.82) is 5.26 Å². The van der Waals surface area contributed by atoms with Crippen LogP contribution in [0.25, 0.3) is 5.88 Å². The van der Waals surface area contributed by atoms with E-state index in [0.717, 1.165) is 0 Å². The lowest BCUT2D eigenvalue weighted by Crippen LogP contribution is -2.16. The molecule has 0 aliphatic rings. The maximum atomic E-state index is 12.6. The van der Waals surface area contributed by atoms with Crippen molar-refractivity contribution in [3.05, 3.63) is 65.2 Å². The minimum absolute atomic E-state index is 0.00861. The molecular weight excluding hydrogens is 376 g/mol. The molecule has 3 aromatic rings. The van der Waals surface area contributed by atoms with Gasteiger partial charge in [0.2, 0.25) is 11.7 Å². The van der Waals surface area contributed by atoms with Gasteiger partial charge in [0, 0.05) is 18.5 Å². The minimum atomic E-state index is -0.818. The van der Waals surface area contributed by atoms with Gasteiger partial charge in [-0.25, -0.2) is 4.79 Å². The molecule has 148 valence electrons. The zero-order valence-electron chi connectivity index (χ0n) is 16.1. The van der Waals surface area contributed by atoms with E-state index in [1.165, 1.54) is 20.3 Å². The predicted molar refractivity (Wildman–Crippen MR) is 102 cm³/mol.